The molecule has 0 saturated carbocycles. The van der Waals surface area contributed by atoms with Crippen molar-refractivity contribution in [1.82, 2.24) is 0 Å². The fraction of sp³-hybridized carbons (Fsp3) is 0.611. The van der Waals surface area contributed by atoms with Crippen LogP contribution in [0.4, 0.5) is 34.1 Å². The van der Waals surface area contributed by atoms with Crippen LogP contribution in [0, 0.1) is 0 Å². The lowest BCUT2D eigenvalue weighted by molar-refractivity contribution is -0.117. The summed E-state index contributed by atoms with van der Waals surface area (Å²) in [6.07, 6.45) is 34.8. The highest BCUT2D eigenvalue weighted by Crippen LogP contribution is 2.36. The molecular formula is C54H84N4O3. The molecule has 0 aliphatic rings. The largest absolute Gasteiger partial charge is 0.326 e. The topological polar surface area (TPSA) is 90.5 Å². The van der Waals surface area contributed by atoms with Crippen LogP contribution in [0.15, 0.2) is 72.8 Å². The van der Waals surface area contributed by atoms with Crippen LogP contribution in [0.3, 0.4) is 0 Å². The average molecular weight is 837 g/mol. The van der Waals surface area contributed by atoms with E-state index < -0.39 is 0 Å². The van der Waals surface area contributed by atoms with E-state index in [9.17, 15) is 14.4 Å². The summed E-state index contributed by atoms with van der Waals surface area (Å²) < 4.78 is 0. The summed E-state index contributed by atoms with van der Waals surface area (Å²) in [4.78, 5) is 40.5. The highest BCUT2D eigenvalue weighted by molar-refractivity contribution is 5.93. The Labute approximate surface area is 372 Å². The summed E-state index contributed by atoms with van der Waals surface area (Å²) in [6, 6.07) is 23.9. The number of amides is 3. The second kappa shape index (κ2) is 33.5. The summed E-state index contributed by atoms with van der Waals surface area (Å²) in [6.45, 7) is 6.75. The van der Waals surface area contributed by atoms with Crippen molar-refractivity contribution in [1.29, 1.82) is 0 Å². The number of rotatable bonds is 36. The van der Waals surface area contributed by atoms with Gasteiger partial charge in [-0.15, -0.1) is 0 Å². The lowest BCUT2D eigenvalue weighted by Crippen LogP contribution is -2.14. The molecule has 0 aliphatic carbocycles. The molecule has 0 unspecified atom stereocenters. The van der Waals surface area contributed by atoms with E-state index in [1.54, 1.807) is 0 Å². The molecule has 7 heteroatoms. The van der Waals surface area contributed by atoms with Crippen LogP contribution in [0.1, 0.15) is 213 Å². The first-order valence-corrected chi connectivity index (χ1v) is 24.9. The standard InChI is InChI=1S/C54H84N4O3/c1-4-7-10-13-16-19-22-25-28-31-52(59)55-46-34-40-49(41-35-46)58(50-42-36-47(37-43-50)56-53(60)32-29-26-23-20-17-14-11-8-5-2)51-44-38-48(39-45-51)57-54(61)33-30-27-24-21-18-15-12-9-6-3/h34-45H,4-33H2,1-3H3,(H,55,59)(H,56,60)(H,57,61). The number of anilines is 6. The lowest BCUT2D eigenvalue weighted by atomic mass is 10.1. The van der Waals surface area contributed by atoms with E-state index in [4.69, 9.17) is 0 Å². The van der Waals surface area contributed by atoms with Crippen LogP contribution >= 0.6 is 0 Å². The Morgan fingerprint density at radius 2 is 0.508 bits per heavy atom. The van der Waals surface area contributed by atoms with Gasteiger partial charge in [-0.25, -0.2) is 0 Å². The summed E-state index contributed by atoms with van der Waals surface area (Å²) in [7, 11) is 0. The first-order chi connectivity index (χ1) is 29.9. The van der Waals surface area contributed by atoms with Gasteiger partial charge < -0.3 is 20.9 Å². The molecule has 338 valence electrons. The van der Waals surface area contributed by atoms with Gasteiger partial charge in [0.1, 0.15) is 0 Å². The second-order valence-electron chi connectivity index (χ2n) is 17.4. The van der Waals surface area contributed by atoms with Crippen molar-refractivity contribution in [2.24, 2.45) is 0 Å². The maximum atomic E-state index is 12.8. The third kappa shape index (κ3) is 23.6. The minimum atomic E-state index is 0.0541. The molecule has 0 radical (unpaired) electrons. The Hall–Kier alpha value is -4.13. The summed E-state index contributed by atoms with van der Waals surface area (Å²) in [5, 5.41) is 9.28. The number of nitrogens with one attached hydrogen (secondary N) is 3. The molecule has 0 atom stereocenters. The number of benzene rings is 3. The van der Waals surface area contributed by atoms with Gasteiger partial charge in [-0.2, -0.15) is 0 Å². The molecule has 3 rings (SSSR count). The summed E-state index contributed by atoms with van der Waals surface area (Å²) in [5.74, 6) is 0.162. The van der Waals surface area contributed by atoms with Gasteiger partial charge in [-0.3, -0.25) is 14.4 Å². The predicted molar refractivity (Wildman–Crippen MR) is 263 cm³/mol. The number of unbranched alkanes of at least 4 members (excludes halogenated alkanes) is 24. The van der Waals surface area contributed by atoms with E-state index in [1.807, 2.05) is 72.8 Å². The molecule has 0 bridgehead atoms. The average Bonchev–Trinajstić information content (AvgIpc) is 3.26. The van der Waals surface area contributed by atoms with E-state index in [1.165, 1.54) is 135 Å². The zero-order chi connectivity index (χ0) is 43.6. The number of carbonyl (C=O) groups is 3. The number of hydrogen-bond acceptors (Lipinski definition) is 4. The highest BCUT2D eigenvalue weighted by atomic mass is 16.2. The summed E-state index contributed by atoms with van der Waals surface area (Å²) in [5.41, 5.74) is 5.13. The SMILES string of the molecule is CCCCCCCCCCCC(=O)Nc1ccc(N(c2ccc(NC(=O)CCCCCCCCCCC)cc2)c2ccc(NC(=O)CCCCCCCCCCC)cc2)cc1. The molecule has 61 heavy (non-hydrogen) atoms. The van der Waals surface area contributed by atoms with Gasteiger partial charge in [0.05, 0.1) is 0 Å². The zero-order valence-corrected chi connectivity index (χ0v) is 38.8. The first-order valence-electron chi connectivity index (χ1n) is 24.9. The van der Waals surface area contributed by atoms with E-state index in [0.717, 1.165) is 72.6 Å². The van der Waals surface area contributed by atoms with Gasteiger partial charge in [-0.1, -0.05) is 175 Å². The normalized spacial score (nSPS) is 11.1. The molecule has 0 spiro atoms. The quantitative estimate of drug-likeness (QED) is 0.0509. The fourth-order valence-electron chi connectivity index (χ4n) is 7.99. The third-order valence-electron chi connectivity index (χ3n) is 11.7. The number of nitrogens with zero attached hydrogens (tertiary/aromatic N) is 1. The molecule has 0 aromatic heterocycles. The second-order valence-corrected chi connectivity index (χ2v) is 17.4. The van der Waals surface area contributed by atoms with Crippen molar-refractivity contribution in [3.8, 4) is 0 Å². The predicted octanol–water partition coefficient (Wildman–Crippen LogP) is 16.7. The van der Waals surface area contributed by atoms with Crippen molar-refractivity contribution >= 4 is 51.8 Å². The van der Waals surface area contributed by atoms with Crippen LogP contribution < -0.4 is 20.9 Å². The lowest BCUT2D eigenvalue weighted by Gasteiger charge is -2.26. The smallest absolute Gasteiger partial charge is 0.224 e. The van der Waals surface area contributed by atoms with Gasteiger partial charge in [0, 0.05) is 53.4 Å². The van der Waals surface area contributed by atoms with Gasteiger partial charge in [0.15, 0.2) is 0 Å². The van der Waals surface area contributed by atoms with Crippen LogP contribution in [-0.2, 0) is 14.4 Å². The van der Waals surface area contributed by atoms with Crippen LogP contribution in [0.2, 0.25) is 0 Å². The van der Waals surface area contributed by atoms with Crippen LogP contribution in [-0.4, -0.2) is 17.7 Å². The van der Waals surface area contributed by atoms with Gasteiger partial charge in [-0.05, 0) is 92.1 Å². The fourth-order valence-corrected chi connectivity index (χ4v) is 7.99. The van der Waals surface area contributed by atoms with E-state index in [0.29, 0.717) is 19.3 Å². The monoisotopic (exact) mass is 837 g/mol. The van der Waals surface area contributed by atoms with Crippen LogP contribution in [0.5, 0.6) is 0 Å². The number of carbonyl (C=O) groups excluding carboxylic acids is 3. The molecule has 3 aromatic carbocycles. The Bertz CT molecular complexity index is 1380. The molecule has 7 nitrogen and oxygen atoms in total. The van der Waals surface area contributed by atoms with E-state index in [-0.39, 0.29) is 17.7 Å². The first kappa shape index (κ1) is 51.2. The van der Waals surface area contributed by atoms with Crippen molar-refractivity contribution in [3.05, 3.63) is 72.8 Å². The molecule has 3 amide bonds. The van der Waals surface area contributed by atoms with Crippen molar-refractivity contribution in [2.45, 2.75) is 213 Å². The molecule has 0 fully saturated rings. The van der Waals surface area contributed by atoms with Gasteiger partial charge >= 0.3 is 0 Å². The minimum Gasteiger partial charge on any atom is -0.326 e. The van der Waals surface area contributed by atoms with Crippen LogP contribution in [0.25, 0.3) is 0 Å². The van der Waals surface area contributed by atoms with Gasteiger partial charge in [0.25, 0.3) is 0 Å². The Morgan fingerprint density at radius 3 is 0.721 bits per heavy atom. The Balaban J connectivity index is 1.58. The maximum absolute atomic E-state index is 12.8. The van der Waals surface area contributed by atoms with Crippen molar-refractivity contribution in [2.75, 3.05) is 20.9 Å². The van der Waals surface area contributed by atoms with Gasteiger partial charge in [0.2, 0.25) is 17.7 Å². The molecule has 3 aromatic rings. The molecular weight excluding hydrogens is 753 g/mol. The maximum Gasteiger partial charge on any atom is 0.224 e. The molecule has 0 saturated heterocycles. The van der Waals surface area contributed by atoms with E-state index in [2.05, 4.69) is 41.6 Å². The Morgan fingerprint density at radius 1 is 0.311 bits per heavy atom. The highest BCUT2D eigenvalue weighted by Gasteiger charge is 2.15. The third-order valence-corrected chi connectivity index (χ3v) is 11.7. The van der Waals surface area contributed by atoms with Crippen molar-refractivity contribution < 1.29 is 14.4 Å². The summed E-state index contributed by atoms with van der Waals surface area (Å²) >= 11 is 0. The van der Waals surface area contributed by atoms with Crippen molar-refractivity contribution in [3.63, 3.8) is 0 Å². The molecule has 0 aliphatic heterocycles. The molecule has 3 N–H and O–H groups in total. The Kier molecular flexibility index (Phi) is 28.1. The zero-order valence-electron chi connectivity index (χ0n) is 38.8. The van der Waals surface area contributed by atoms with E-state index >= 15 is 0 Å². The number of hydrogen-bond donors (Lipinski definition) is 3. The minimum absolute atomic E-state index is 0.0541. The molecule has 0 heterocycles.